The highest BCUT2D eigenvalue weighted by Gasteiger charge is 2.45. The molecule has 0 spiro atoms. The van der Waals surface area contributed by atoms with Crippen molar-refractivity contribution in [1.82, 2.24) is 14.9 Å². The summed E-state index contributed by atoms with van der Waals surface area (Å²) in [6.07, 6.45) is 1.31. The van der Waals surface area contributed by atoms with Crippen molar-refractivity contribution in [2.45, 2.75) is 44.9 Å². The molecule has 6 rings (SSSR count). The highest BCUT2D eigenvalue weighted by molar-refractivity contribution is 5.91. The Kier molecular flexibility index (Phi) is 6.25. The molecule has 3 aliphatic rings. The van der Waals surface area contributed by atoms with E-state index in [-0.39, 0.29) is 62.2 Å². The summed E-state index contributed by atoms with van der Waals surface area (Å²) < 4.78 is 23.5. The van der Waals surface area contributed by atoms with Gasteiger partial charge in [-0.05, 0) is 37.0 Å². The fourth-order valence-corrected chi connectivity index (χ4v) is 5.46. The third-order valence-corrected chi connectivity index (χ3v) is 7.57. The molecule has 3 aromatic rings. The second kappa shape index (κ2) is 9.63. The second-order valence-electron chi connectivity index (χ2n) is 9.70. The van der Waals surface area contributed by atoms with Crippen LogP contribution in [-0.2, 0) is 44.2 Å². The van der Waals surface area contributed by atoms with E-state index in [0.29, 0.717) is 47.9 Å². The number of nitrogens with one attached hydrogen (secondary N) is 1. The van der Waals surface area contributed by atoms with Crippen molar-refractivity contribution in [1.29, 1.82) is 0 Å². The average molecular weight is 537 g/mol. The van der Waals surface area contributed by atoms with E-state index in [2.05, 4.69) is 5.32 Å². The molecule has 0 unspecified atom stereocenters. The van der Waals surface area contributed by atoms with Gasteiger partial charge >= 0.3 is 5.97 Å². The molecule has 0 radical (unpaired) electrons. The molecule has 2 aromatic heterocycles. The topological polar surface area (TPSA) is 164 Å². The van der Waals surface area contributed by atoms with Crippen LogP contribution in [0.5, 0.6) is 11.5 Å². The first-order valence-corrected chi connectivity index (χ1v) is 12.8. The summed E-state index contributed by atoms with van der Waals surface area (Å²) in [5.74, 6) is 0.154. The maximum Gasteiger partial charge on any atom is 0.343 e. The van der Waals surface area contributed by atoms with Crippen molar-refractivity contribution in [3.05, 3.63) is 50.8 Å². The molecule has 4 N–H and O–H groups in total. The van der Waals surface area contributed by atoms with Crippen LogP contribution < -0.4 is 26.1 Å². The number of hydrogen-bond donors (Lipinski definition) is 3. The molecular weight excluding hydrogens is 508 g/mol. The molecule has 39 heavy (non-hydrogen) atoms. The fourth-order valence-electron chi connectivity index (χ4n) is 5.46. The van der Waals surface area contributed by atoms with Gasteiger partial charge in [0.2, 0.25) is 12.7 Å². The predicted octanol–water partition coefficient (Wildman–Crippen LogP) is 0.790. The van der Waals surface area contributed by atoms with E-state index in [4.69, 9.17) is 29.7 Å². The number of esters is 1. The predicted molar refractivity (Wildman–Crippen MR) is 137 cm³/mol. The minimum Gasteiger partial charge on any atom is -0.458 e. The summed E-state index contributed by atoms with van der Waals surface area (Å²) in [6, 6.07) is 5.42. The van der Waals surface area contributed by atoms with E-state index in [1.807, 2.05) is 12.1 Å². The molecule has 0 bridgehead atoms. The zero-order valence-electron chi connectivity index (χ0n) is 21.4. The fraction of sp³-hybridized carbons (Fsp3) is 0.407. The van der Waals surface area contributed by atoms with E-state index in [9.17, 15) is 19.5 Å². The number of cyclic esters (lactones) is 1. The molecule has 0 saturated carbocycles. The van der Waals surface area contributed by atoms with Crippen LogP contribution >= 0.6 is 0 Å². The third kappa shape index (κ3) is 4.03. The summed E-state index contributed by atoms with van der Waals surface area (Å²) >= 11 is 0. The molecule has 0 aliphatic carbocycles. The van der Waals surface area contributed by atoms with Gasteiger partial charge in [0.15, 0.2) is 17.1 Å². The molecule has 12 heteroatoms. The molecule has 1 atom stereocenters. The Morgan fingerprint density at radius 3 is 2.77 bits per heavy atom. The number of benzene rings is 1. The van der Waals surface area contributed by atoms with Gasteiger partial charge in [0.1, 0.15) is 13.3 Å². The van der Waals surface area contributed by atoms with Crippen LogP contribution in [0.25, 0.3) is 22.3 Å². The summed E-state index contributed by atoms with van der Waals surface area (Å²) in [4.78, 5) is 42.3. The molecule has 204 valence electrons. The molecule has 1 amide bonds. The van der Waals surface area contributed by atoms with Crippen LogP contribution in [-0.4, -0.2) is 53.2 Å². The summed E-state index contributed by atoms with van der Waals surface area (Å²) in [5, 5.41) is 14.6. The van der Waals surface area contributed by atoms with Gasteiger partial charge in [-0.25, -0.2) is 9.78 Å². The first-order chi connectivity index (χ1) is 18.9. The van der Waals surface area contributed by atoms with Crippen molar-refractivity contribution in [3.8, 4) is 22.9 Å². The molecule has 3 aliphatic heterocycles. The highest BCUT2D eigenvalue weighted by atomic mass is 16.7. The summed E-state index contributed by atoms with van der Waals surface area (Å²) in [5.41, 5.74) is 7.32. The van der Waals surface area contributed by atoms with Crippen LogP contribution in [0.3, 0.4) is 0 Å². The number of rotatable bonds is 8. The van der Waals surface area contributed by atoms with Crippen LogP contribution in [0.4, 0.5) is 0 Å². The largest absolute Gasteiger partial charge is 0.458 e. The van der Waals surface area contributed by atoms with E-state index >= 15 is 0 Å². The van der Waals surface area contributed by atoms with Gasteiger partial charge in [0.05, 0.1) is 35.6 Å². The lowest BCUT2D eigenvalue weighted by Gasteiger charge is -2.31. The third-order valence-electron chi connectivity index (χ3n) is 7.57. The first kappa shape index (κ1) is 25.3. The number of carbonyl (C=O) groups excluding carboxylic acids is 2. The Hall–Kier alpha value is -4.00. The quantitative estimate of drug-likeness (QED) is 0.167. The first-order valence-electron chi connectivity index (χ1n) is 12.8. The maximum atomic E-state index is 13.6. The number of aliphatic hydroxyl groups is 1. The van der Waals surface area contributed by atoms with Gasteiger partial charge in [0, 0.05) is 29.2 Å². The van der Waals surface area contributed by atoms with E-state index in [1.165, 1.54) is 0 Å². The van der Waals surface area contributed by atoms with Crippen molar-refractivity contribution in [3.63, 3.8) is 0 Å². The molecular formula is C27H28N4O8. The van der Waals surface area contributed by atoms with Crippen LogP contribution in [0, 0.1) is 0 Å². The van der Waals surface area contributed by atoms with Gasteiger partial charge in [0.25, 0.3) is 5.56 Å². The number of hydrogen-bond acceptors (Lipinski definition) is 10. The number of nitrogens with two attached hydrogens (primary N) is 1. The number of fused-ring (bicyclic) bond motifs is 6. The Labute approximate surface area is 222 Å². The zero-order chi connectivity index (χ0) is 27.3. The van der Waals surface area contributed by atoms with Gasteiger partial charge in [-0.1, -0.05) is 6.92 Å². The van der Waals surface area contributed by atoms with Gasteiger partial charge < -0.3 is 39.7 Å². The van der Waals surface area contributed by atoms with Crippen LogP contribution in [0.15, 0.2) is 23.0 Å². The lowest BCUT2D eigenvalue weighted by molar-refractivity contribution is -0.172. The zero-order valence-corrected chi connectivity index (χ0v) is 21.4. The summed E-state index contributed by atoms with van der Waals surface area (Å²) in [6.45, 7) is 2.25. The standard InChI is InChI=1S/C27H28N4O8/c1-2-27(35)18-7-20-24-16(10-31(20)25(33)17(18)11-37-26(27)34)14(4-3-5-36-12-29-23(32)9-28)15-6-21-22(39-13-38-21)8-19(15)30-24/h6-8,35H,2-5,9-13,28H2,1H3,(H,29,32)/t27-/m0/s1. The summed E-state index contributed by atoms with van der Waals surface area (Å²) in [7, 11) is 0. The maximum absolute atomic E-state index is 13.6. The Morgan fingerprint density at radius 2 is 2.00 bits per heavy atom. The second-order valence-corrected chi connectivity index (χ2v) is 9.70. The lowest BCUT2D eigenvalue weighted by atomic mass is 9.86. The van der Waals surface area contributed by atoms with Crippen LogP contribution in [0.1, 0.15) is 42.0 Å². The molecule has 1 aromatic carbocycles. The Balaban J connectivity index is 1.42. The number of nitrogens with zero attached hydrogens (tertiary/aromatic N) is 2. The SMILES string of the molecule is CC[C@@]1(O)C(=O)OCc2c1cc1n(c2=O)Cc2c-1nc1cc3c(cc1c2CCCOCNC(=O)CN)OCO3. The molecule has 0 saturated heterocycles. The average Bonchev–Trinajstić information content (AvgIpc) is 3.55. The molecule has 12 nitrogen and oxygen atoms in total. The normalized spacial score (nSPS) is 18.5. The van der Waals surface area contributed by atoms with Crippen molar-refractivity contribution < 1.29 is 33.6 Å². The van der Waals surface area contributed by atoms with Gasteiger partial charge in [-0.3, -0.25) is 9.59 Å². The van der Waals surface area contributed by atoms with Crippen molar-refractivity contribution >= 4 is 22.8 Å². The number of ether oxygens (including phenoxy) is 4. The van der Waals surface area contributed by atoms with E-state index in [1.54, 1.807) is 17.6 Å². The highest BCUT2D eigenvalue weighted by Crippen LogP contribution is 2.43. The number of aryl methyl sites for hydroxylation is 1. The van der Waals surface area contributed by atoms with Gasteiger partial charge in [-0.15, -0.1) is 0 Å². The van der Waals surface area contributed by atoms with Crippen molar-refractivity contribution in [2.24, 2.45) is 5.73 Å². The monoisotopic (exact) mass is 536 g/mol. The van der Waals surface area contributed by atoms with E-state index < -0.39 is 11.6 Å². The minimum absolute atomic E-state index is 0.0669. The van der Waals surface area contributed by atoms with E-state index in [0.717, 1.165) is 16.5 Å². The molecule has 0 fully saturated rings. The Bertz CT molecular complexity index is 1580. The van der Waals surface area contributed by atoms with Crippen LogP contribution in [0.2, 0.25) is 0 Å². The Morgan fingerprint density at radius 1 is 1.21 bits per heavy atom. The van der Waals surface area contributed by atoms with Gasteiger partial charge in [-0.2, -0.15) is 0 Å². The molecule has 5 heterocycles. The van der Waals surface area contributed by atoms with Crippen molar-refractivity contribution in [2.75, 3.05) is 26.7 Å². The number of amides is 1. The minimum atomic E-state index is -1.90. The lowest BCUT2D eigenvalue weighted by Crippen LogP contribution is -2.44. The number of pyridine rings is 2. The number of aromatic nitrogens is 2. The smallest absolute Gasteiger partial charge is 0.343 e. The number of carbonyl (C=O) groups is 2.